The van der Waals surface area contributed by atoms with Crippen molar-refractivity contribution in [2.75, 3.05) is 25.6 Å². The molecule has 0 spiro atoms. The first-order valence-electron chi connectivity index (χ1n) is 7.93. The van der Waals surface area contributed by atoms with Gasteiger partial charge in [0.2, 0.25) is 11.0 Å². The van der Waals surface area contributed by atoms with Crippen LogP contribution in [0.25, 0.3) is 0 Å². The number of carbonyl (C=O) groups excluding carboxylic acids is 2. The van der Waals surface area contributed by atoms with Crippen LogP contribution in [0.2, 0.25) is 0 Å². The number of imide groups is 1. The lowest BCUT2D eigenvalue weighted by Crippen LogP contribution is -2.45. The third-order valence-corrected chi connectivity index (χ3v) is 5.63. The highest BCUT2D eigenvalue weighted by atomic mass is 32.2. The molecule has 0 aromatic carbocycles. The maximum atomic E-state index is 12.1. The Kier molecular flexibility index (Phi) is 7.73. The second-order valence-corrected chi connectivity index (χ2v) is 8.06. The molecule has 0 bridgehead atoms. The second-order valence-electron chi connectivity index (χ2n) is 5.50. The molecule has 24 heavy (non-hydrogen) atoms. The van der Waals surface area contributed by atoms with Gasteiger partial charge in [-0.3, -0.25) is 10.1 Å². The number of urea groups is 1. The Labute approximate surface area is 149 Å². The summed E-state index contributed by atoms with van der Waals surface area (Å²) in [5, 5.41) is 16.6. The van der Waals surface area contributed by atoms with Gasteiger partial charge in [0, 0.05) is 19.7 Å². The topological polar surface area (TPSA) is 105 Å². The van der Waals surface area contributed by atoms with Crippen LogP contribution in [0.5, 0.6) is 0 Å². The van der Waals surface area contributed by atoms with Crippen LogP contribution in [-0.4, -0.2) is 53.7 Å². The van der Waals surface area contributed by atoms with Crippen molar-refractivity contribution in [3.8, 4) is 0 Å². The number of anilines is 1. The van der Waals surface area contributed by atoms with Crippen LogP contribution in [-0.2, 0) is 9.53 Å². The zero-order valence-electron chi connectivity index (χ0n) is 13.8. The summed E-state index contributed by atoms with van der Waals surface area (Å²) in [6, 6.07) is -0.233. The smallest absolute Gasteiger partial charge is 0.321 e. The zero-order valence-corrected chi connectivity index (χ0v) is 15.5. The molecule has 0 radical (unpaired) electrons. The molecule has 1 aromatic heterocycles. The maximum Gasteiger partial charge on any atom is 0.321 e. The van der Waals surface area contributed by atoms with Crippen molar-refractivity contribution in [2.45, 2.75) is 48.2 Å². The summed E-state index contributed by atoms with van der Waals surface area (Å²) in [5.74, 6) is -0.334. The lowest BCUT2D eigenvalue weighted by molar-refractivity contribution is -0.119. The van der Waals surface area contributed by atoms with E-state index in [2.05, 4.69) is 26.1 Å². The SMILES string of the molecule is COCCNc1nnc(S[C@@H](C)C(=O)NC(=O)NC2CCCC2)s1. The molecule has 8 nitrogen and oxygen atoms in total. The van der Waals surface area contributed by atoms with Gasteiger partial charge in [-0.25, -0.2) is 4.79 Å². The predicted octanol–water partition coefficient (Wildman–Crippen LogP) is 1.85. The molecule has 0 unspecified atom stereocenters. The number of ether oxygens (including phenoxy) is 1. The number of thioether (sulfide) groups is 1. The number of carbonyl (C=O) groups is 2. The van der Waals surface area contributed by atoms with E-state index in [4.69, 9.17) is 4.74 Å². The van der Waals surface area contributed by atoms with Crippen LogP contribution >= 0.6 is 23.1 Å². The number of hydrogen-bond donors (Lipinski definition) is 3. The lowest BCUT2D eigenvalue weighted by Gasteiger charge is -2.14. The summed E-state index contributed by atoms with van der Waals surface area (Å²) in [5.41, 5.74) is 0. The molecule has 1 heterocycles. The van der Waals surface area contributed by atoms with Gasteiger partial charge in [-0.05, 0) is 19.8 Å². The van der Waals surface area contributed by atoms with Gasteiger partial charge in [0.05, 0.1) is 11.9 Å². The molecule has 1 fully saturated rings. The summed E-state index contributed by atoms with van der Waals surface area (Å²) in [6.45, 7) is 2.96. The number of amides is 3. The molecule has 3 amide bonds. The minimum absolute atomic E-state index is 0.185. The first kappa shape index (κ1) is 18.9. The Hall–Kier alpha value is -1.39. The highest BCUT2D eigenvalue weighted by Crippen LogP contribution is 2.28. The van der Waals surface area contributed by atoms with E-state index in [9.17, 15) is 9.59 Å². The normalized spacial score (nSPS) is 15.9. The average molecular weight is 374 g/mol. The predicted molar refractivity (Wildman–Crippen MR) is 94.5 cm³/mol. The Bertz CT molecular complexity index is 548. The van der Waals surface area contributed by atoms with Crippen molar-refractivity contribution >= 4 is 40.2 Å². The molecule has 1 aliphatic rings. The van der Waals surface area contributed by atoms with Crippen molar-refractivity contribution in [3.05, 3.63) is 0 Å². The zero-order chi connectivity index (χ0) is 17.4. The lowest BCUT2D eigenvalue weighted by atomic mass is 10.2. The Morgan fingerprint density at radius 3 is 2.83 bits per heavy atom. The third-order valence-electron chi connectivity index (χ3n) is 3.56. The van der Waals surface area contributed by atoms with Gasteiger partial charge in [0.1, 0.15) is 0 Å². The maximum absolute atomic E-state index is 12.1. The molecule has 10 heteroatoms. The van der Waals surface area contributed by atoms with E-state index in [-0.39, 0.29) is 11.9 Å². The van der Waals surface area contributed by atoms with Gasteiger partial charge >= 0.3 is 6.03 Å². The highest BCUT2D eigenvalue weighted by molar-refractivity contribution is 8.02. The van der Waals surface area contributed by atoms with Crippen LogP contribution in [0.15, 0.2) is 4.34 Å². The number of hydrogen-bond acceptors (Lipinski definition) is 8. The van der Waals surface area contributed by atoms with Crippen LogP contribution < -0.4 is 16.0 Å². The third kappa shape index (κ3) is 6.25. The fourth-order valence-electron chi connectivity index (χ4n) is 2.30. The number of rotatable bonds is 8. The number of methoxy groups -OCH3 is 1. The minimum Gasteiger partial charge on any atom is -0.383 e. The Balaban J connectivity index is 1.73. The van der Waals surface area contributed by atoms with E-state index in [0.717, 1.165) is 25.7 Å². The fourth-order valence-corrected chi connectivity index (χ4v) is 4.22. The van der Waals surface area contributed by atoms with Crippen LogP contribution in [0.3, 0.4) is 0 Å². The molecule has 1 aromatic rings. The van der Waals surface area contributed by atoms with Gasteiger partial charge in [-0.15, -0.1) is 10.2 Å². The highest BCUT2D eigenvalue weighted by Gasteiger charge is 2.22. The number of aromatic nitrogens is 2. The van der Waals surface area contributed by atoms with Gasteiger partial charge < -0.3 is 15.4 Å². The van der Waals surface area contributed by atoms with Crippen molar-refractivity contribution in [1.82, 2.24) is 20.8 Å². The molecule has 0 saturated heterocycles. The summed E-state index contributed by atoms with van der Waals surface area (Å²) in [7, 11) is 1.63. The van der Waals surface area contributed by atoms with Crippen molar-refractivity contribution in [3.63, 3.8) is 0 Å². The summed E-state index contributed by atoms with van der Waals surface area (Å²) < 4.78 is 5.62. The average Bonchev–Trinajstić information content (AvgIpc) is 3.19. The van der Waals surface area contributed by atoms with Crippen LogP contribution in [0, 0.1) is 0 Å². The van der Waals surface area contributed by atoms with E-state index in [1.807, 2.05) is 0 Å². The summed E-state index contributed by atoms with van der Waals surface area (Å²) in [6.07, 6.45) is 4.22. The number of nitrogens with zero attached hydrogens (tertiary/aromatic N) is 2. The first-order chi connectivity index (χ1) is 11.6. The molecule has 1 atom stereocenters. The van der Waals surface area contributed by atoms with Gasteiger partial charge in [0.15, 0.2) is 4.34 Å². The van der Waals surface area contributed by atoms with Crippen molar-refractivity contribution in [2.24, 2.45) is 0 Å². The fraction of sp³-hybridized carbons (Fsp3) is 0.714. The summed E-state index contributed by atoms with van der Waals surface area (Å²) >= 11 is 2.65. The van der Waals surface area contributed by atoms with Crippen LogP contribution in [0.1, 0.15) is 32.6 Å². The summed E-state index contributed by atoms with van der Waals surface area (Å²) in [4.78, 5) is 23.9. The Morgan fingerprint density at radius 2 is 2.12 bits per heavy atom. The Morgan fingerprint density at radius 1 is 1.38 bits per heavy atom. The molecule has 3 N–H and O–H groups in total. The molecule has 1 saturated carbocycles. The van der Waals surface area contributed by atoms with E-state index >= 15 is 0 Å². The molecule has 0 aliphatic heterocycles. The first-order valence-corrected chi connectivity index (χ1v) is 9.62. The van der Waals surface area contributed by atoms with Gasteiger partial charge in [-0.1, -0.05) is 35.9 Å². The molecular formula is C14H23N5O3S2. The van der Waals surface area contributed by atoms with Gasteiger partial charge in [-0.2, -0.15) is 0 Å². The molecule has 2 rings (SSSR count). The van der Waals surface area contributed by atoms with E-state index < -0.39 is 11.3 Å². The monoisotopic (exact) mass is 373 g/mol. The van der Waals surface area contributed by atoms with E-state index in [1.165, 1.54) is 23.1 Å². The van der Waals surface area contributed by atoms with E-state index in [1.54, 1.807) is 14.0 Å². The molecular weight excluding hydrogens is 350 g/mol. The van der Waals surface area contributed by atoms with E-state index in [0.29, 0.717) is 22.6 Å². The second kappa shape index (κ2) is 9.80. The number of nitrogens with one attached hydrogen (secondary N) is 3. The minimum atomic E-state index is -0.431. The van der Waals surface area contributed by atoms with Crippen LogP contribution in [0.4, 0.5) is 9.93 Å². The van der Waals surface area contributed by atoms with Crippen molar-refractivity contribution < 1.29 is 14.3 Å². The largest absolute Gasteiger partial charge is 0.383 e. The van der Waals surface area contributed by atoms with Gasteiger partial charge in [0.25, 0.3) is 0 Å². The standard InChI is InChI=1S/C14H23N5O3S2/c1-9(11(20)17-12(21)16-10-5-3-4-6-10)23-14-19-18-13(24-14)15-7-8-22-2/h9-10H,3-8H2,1-2H3,(H,15,18)(H2,16,17,20,21)/t9-/m0/s1. The quantitative estimate of drug-likeness (QED) is 0.472. The molecule has 134 valence electrons. The van der Waals surface area contributed by atoms with Crippen molar-refractivity contribution in [1.29, 1.82) is 0 Å². The molecule has 1 aliphatic carbocycles.